The number of rotatable bonds is 9. The van der Waals surface area contributed by atoms with Gasteiger partial charge in [-0.05, 0) is 37.5 Å². The van der Waals surface area contributed by atoms with E-state index in [2.05, 4.69) is 15.4 Å². The van der Waals surface area contributed by atoms with Gasteiger partial charge in [0, 0.05) is 6.42 Å². The van der Waals surface area contributed by atoms with Crippen molar-refractivity contribution in [3.63, 3.8) is 0 Å². The molecule has 4 rings (SSSR count). The number of nitrogens with one attached hydrogen (secondary N) is 3. The Morgan fingerprint density at radius 1 is 1.22 bits per heavy atom. The first kappa shape index (κ1) is 30.7. The summed E-state index contributed by atoms with van der Waals surface area (Å²) >= 11 is 6.04. The predicted molar refractivity (Wildman–Crippen MR) is 146 cm³/mol. The Morgan fingerprint density at radius 3 is 2.46 bits per heavy atom. The minimum absolute atomic E-state index is 0.113. The number of fused-ring (bicyclic) bond motifs is 1. The van der Waals surface area contributed by atoms with E-state index in [0.29, 0.717) is 6.42 Å². The molecule has 2 aliphatic heterocycles. The quantitative estimate of drug-likeness (QED) is 0.219. The maximum atomic E-state index is 13.4. The lowest BCUT2D eigenvalue weighted by atomic mass is 10.0. The van der Waals surface area contributed by atoms with Crippen molar-refractivity contribution in [2.45, 2.75) is 59.8 Å². The minimum Gasteiger partial charge on any atom is -0.480 e. The first-order valence-electron chi connectivity index (χ1n) is 12.3. The number of sulfonamides is 2. The minimum atomic E-state index is -4.43. The van der Waals surface area contributed by atoms with Crippen LogP contribution >= 0.6 is 11.6 Å². The van der Waals surface area contributed by atoms with Crippen molar-refractivity contribution >= 4 is 55.2 Å². The zero-order chi connectivity index (χ0) is 30.3. The molecular weight excluding hydrogens is 602 g/mol. The smallest absolute Gasteiger partial charge is 0.326 e. The van der Waals surface area contributed by atoms with E-state index in [1.807, 2.05) is 30.3 Å². The summed E-state index contributed by atoms with van der Waals surface area (Å²) in [7, 11) is -8.79. The Labute approximate surface area is 241 Å². The predicted octanol–water partition coefficient (Wildman–Crippen LogP) is 0.137. The topological polar surface area (TPSA) is 225 Å². The summed E-state index contributed by atoms with van der Waals surface area (Å²) in [6, 6.07) is 7.25. The highest BCUT2D eigenvalue weighted by atomic mass is 35.5. The monoisotopic (exact) mass is 629 g/mol. The normalized spacial score (nSPS) is 22.9. The number of carboxylic acids is 2. The first-order chi connectivity index (χ1) is 19.0. The Hall–Kier alpha value is -3.28. The number of carboxylic acid groups (broad SMARTS) is 2. The van der Waals surface area contributed by atoms with Crippen molar-refractivity contribution in [3.05, 3.63) is 53.1 Å². The number of halogens is 1. The number of hydrogen-bond acceptors (Lipinski definition) is 9. The van der Waals surface area contributed by atoms with E-state index in [4.69, 9.17) is 16.7 Å². The molecule has 1 fully saturated rings. The lowest BCUT2D eigenvalue weighted by molar-refractivity contribution is -0.149. The molecule has 0 aliphatic carbocycles. The molecule has 7 N–H and O–H groups in total. The van der Waals surface area contributed by atoms with Crippen molar-refractivity contribution < 1.29 is 41.4 Å². The lowest BCUT2D eigenvalue weighted by Crippen LogP contribution is -2.59. The van der Waals surface area contributed by atoms with Gasteiger partial charge in [0.25, 0.3) is 0 Å². The number of aliphatic carboxylic acids is 2. The summed E-state index contributed by atoms with van der Waals surface area (Å²) in [6.07, 6.45) is 0.171. The van der Waals surface area contributed by atoms with E-state index in [0.717, 1.165) is 22.6 Å². The van der Waals surface area contributed by atoms with Crippen LogP contribution in [0.4, 0.5) is 5.69 Å². The zero-order valence-corrected chi connectivity index (χ0v) is 24.0. The van der Waals surface area contributed by atoms with Crippen molar-refractivity contribution in [1.82, 2.24) is 14.9 Å². The molecule has 0 radical (unpaired) electrons. The molecule has 41 heavy (non-hydrogen) atoms. The first-order valence-corrected chi connectivity index (χ1v) is 15.7. The number of amides is 1. The summed E-state index contributed by atoms with van der Waals surface area (Å²) in [5.41, 5.74) is -0.896. The van der Waals surface area contributed by atoms with Gasteiger partial charge in [-0.2, -0.15) is 4.72 Å². The van der Waals surface area contributed by atoms with E-state index in [-0.39, 0.29) is 17.1 Å². The number of nitrogens with two attached hydrogens (primary N) is 1. The standard InChI is InChI=1S/C24H28ClN5O9S2/c1-13(27-16(22(32)33)8-7-14-5-3-2-4-6-14)21(31)30-12-24(11-18(30)23(34)35)28-17-9-15(25)19(40(26,36)37)10-20(17)41(38,39)29-24/h2-6,9-10,13,16,18,27-29H,7-8,11-12H2,1H3,(H,32,33)(H,34,35)(H2,26,36,37)/t13-,16-,18-,24?/m0/s1. The fourth-order valence-electron chi connectivity index (χ4n) is 5.05. The Kier molecular flexibility index (Phi) is 8.37. The number of nitrogens with zero attached hydrogens (tertiary/aromatic N) is 1. The largest absolute Gasteiger partial charge is 0.480 e. The van der Waals surface area contributed by atoms with E-state index in [1.54, 1.807) is 0 Å². The van der Waals surface area contributed by atoms with Gasteiger partial charge in [-0.1, -0.05) is 41.9 Å². The third kappa shape index (κ3) is 6.47. The van der Waals surface area contributed by atoms with Gasteiger partial charge in [0.15, 0.2) is 0 Å². The van der Waals surface area contributed by atoms with Crippen LogP contribution in [0.3, 0.4) is 0 Å². The number of likely N-dealkylation sites (tertiary alicyclic amines) is 1. The number of primary sulfonamides is 1. The van der Waals surface area contributed by atoms with Crippen LogP contribution in [0.15, 0.2) is 52.3 Å². The van der Waals surface area contributed by atoms with Crippen molar-refractivity contribution in [3.8, 4) is 0 Å². The molecule has 2 aliphatic rings. The number of anilines is 1. The van der Waals surface area contributed by atoms with E-state index in [1.165, 1.54) is 6.92 Å². The Morgan fingerprint density at radius 2 is 1.88 bits per heavy atom. The van der Waals surface area contributed by atoms with Crippen LogP contribution in [0.1, 0.15) is 25.3 Å². The fraction of sp³-hybridized carbons (Fsp3) is 0.375. The Balaban J connectivity index is 1.57. The number of carbonyl (C=O) groups excluding carboxylic acids is 1. The summed E-state index contributed by atoms with van der Waals surface area (Å²) in [4.78, 5) is 37.3. The molecule has 1 unspecified atom stereocenters. The number of benzene rings is 2. The lowest BCUT2D eigenvalue weighted by Gasteiger charge is -2.37. The van der Waals surface area contributed by atoms with Crippen LogP contribution < -0.4 is 20.5 Å². The summed E-state index contributed by atoms with van der Waals surface area (Å²) in [5.74, 6) is -3.35. The molecule has 1 saturated heterocycles. The van der Waals surface area contributed by atoms with Gasteiger partial charge < -0.3 is 20.4 Å². The second-order valence-corrected chi connectivity index (χ2v) is 13.6. The van der Waals surface area contributed by atoms with Crippen LogP contribution in [-0.4, -0.2) is 80.1 Å². The maximum absolute atomic E-state index is 13.4. The van der Waals surface area contributed by atoms with E-state index in [9.17, 15) is 41.4 Å². The van der Waals surface area contributed by atoms with Gasteiger partial charge in [-0.15, -0.1) is 0 Å². The zero-order valence-electron chi connectivity index (χ0n) is 21.6. The van der Waals surface area contributed by atoms with Crippen molar-refractivity contribution in [2.24, 2.45) is 5.14 Å². The number of carbonyl (C=O) groups is 3. The fourth-order valence-corrected chi connectivity index (χ4v) is 7.72. The van der Waals surface area contributed by atoms with Gasteiger partial charge in [0.05, 0.1) is 23.3 Å². The summed E-state index contributed by atoms with van der Waals surface area (Å²) in [5, 5.41) is 30.0. The summed E-state index contributed by atoms with van der Waals surface area (Å²) < 4.78 is 52.3. The van der Waals surface area contributed by atoms with E-state index >= 15 is 0 Å². The van der Waals surface area contributed by atoms with Gasteiger partial charge >= 0.3 is 11.9 Å². The Bertz CT molecular complexity index is 1600. The molecule has 1 amide bonds. The number of aryl methyl sites for hydroxylation is 1. The SMILES string of the molecule is C[C@H](N[C@@H](CCc1ccccc1)C(=O)O)C(=O)N1CC2(C[C@H]1C(=O)O)Nc1cc(Cl)c(S(N)(=O)=O)cc1S(=O)(=O)N2. The van der Waals surface area contributed by atoms with Gasteiger partial charge in [0.2, 0.25) is 26.0 Å². The van der Waals surface area contributed by atoms with Crippen molar-refractivity contribution in [1.29, 1.82) is 0 Å². The molecule has 0 aromatic heterocycles. The highest BCUT2D eigenvalue weighted by Gasteiger charge is 2.54. The highest BCUT2D eigenvalue weighted by Crippen LogP contribution is 2.40. The van der Waals surface area contributed by atoms with Crippen molar-refractivity contribution in [2.75, 3.05) is 11.9 Å². The molecule has 222 valence electrons. The third-order valence-electron chi connectivity index (χ3n) is 6.94. The van der Waals surface area contributed by atoms with Gasteiger partial charge in [-0.25, -0.2) is 26.8 Å². The second kappa shape index (κ2) is 11.2. The number of hydrogen-bond donors (Lipinski definition) is 6. The molecule has 2 aromatic rings. The van der Waals surface area contributed by atoms with Crippen LogP contribution in [-0.2, 0) is 40.9 Å². The molecule has 0 bridgehead atoms. The molecular formula is C24H28ClN5O9S2. The van der Waals surface area contributed by atoms with Crippen LogP contribution in [0, 0.1) is 0 Å². The molecule has 2 aromatic carbocycles. The molecule has 2 heterocycles. The molecule has 0 saturated carbocycles. The van der Waals surface area contributed by atoms with Crippen LogP contribution in [0.5, 0.6) is 0 Å². The maximum Gasteiger partial charge on any atom is 0.326 e. The third-order valence-corrected chi connectivity index (χ3v) is 9.90. The molecule has 1 spiro atoms. The summed E-state index contributed by atoms with van der Waals surface area (Å²) in [6.45, 7) is 0.955. The van der Waals surface area contributed by atoms with Gasteiger partial charge in [-0.3, -0.25) is 14.9 Å². The average Bonchev–Trinajstić information content (AvgIpc) is 3.23. The average molecular weight is 630 g/mol. The second-order valence-electron chi connectivity index (χ2n) is 9.96. The van der Waals surface area contributed by atoms with Crippen LogP contribution in [0.25, 0.3) is 0 Å². The highest BCUT2D eigenvalue weighted by molar-refractivity contribution is 7.90. The van der Waals surface area contributed by atoms with Crippen LogP contribution in [0.2, 0.25) is 5.02 Å². The van der Waals surface area contributed by atoms with E-state index < -0.39 is 84.4 Å². The molecule has 17 heteroatoms. The van der Waals surface area contributed by atoms with Gasteiger partial charge in [0.1, 0.15) is 27.5 Å². The molecule has 4 atom stereocenters. The molecule has 14 nitrogen and oxygen atoms in total.